The molecule has 0 amide bonds. The van der Waals surface area contributed by atoms with Crippen molar-refractivity contribution in [3.63, 3.8) is 0 Å². The zero-order valence-corrected chi connectivity index (χ0v) is 19.2. The van der Waals surface area contributed by atoms with E-state index in [2.05, 4.69) is 58.8 Å². The number of benzene rings is 3. The molecule has 4 nitrogen and oxygen atoms in total. The number of hydrogen-bond donors (Lipinski definition) is 1. The predicted octanol–water partition coefficient (Wildman–Crippen LogP) is 6.37. The Morgan fingerprint density at radius 2 is 1.79 bits per heavy atom. The van der Waals surface area contributed by atoms with Gasteiger partial charge in [0.25, 0.3) is 0 Å². The molecule has 4 aromatic rings. The fourth-order valence-corrected chi connectivity index (χ4v) is 5.71. The van der Waals surface area contributed by atoms with Crippen LogP contribution in [0.2, 0.25) is 0 Å². The van der Waals surface area contributed by atoms with E-state index in [1.807, 2.05) is 30.3 Å². The summed E-state index contributed by atoms with van der Waals surface area (Å²) in [7, 11) is 0. The van der Waals surface area contributed by atoms with Gasteiger partial charge in [0, 0.05) is 11.2 Å². The van der Waals surface area contributed by atoms with Crippen LogP contribution in [-0.4, -0.2) is 29.1 Å². The number of carbonyl (C=O) groups is 1. The Hall–Kier alpha value is -3.15. The largest absolute Gasteiger partial charge is 0.489 e. The number of likely N-dealkylation sites (tertiary alicyclic amines) is 1. The minimum atomic E-state index is -0.696. The molecule has 1 fully saturated rings. The van der Waals surface area contributed by atoms with Crippen LogP contribution in [0.15, 0.2) is 84.2 Å². The van der Waals surface area contributed by atoms with Gasteiger partial charge in [-0.3, -0.25) is 9.69 Å². The number of nitrogens with zero attached hydrogens (tertiary/aromatic N) is 1. The Bertz CT molecular complexity index is 1220. The lowest BCUT2D eigenvalue weighted by Gasteiger charge is -2.37. The summed E-state index contributed by atoms with van der Waals surface area (Å²) >= 11 is 1.75. The van der Waals surface area contributed by atoms with E-state index in [1.165, 1.54) is 15.6 Å². The molecule has 0 spiro atoms. The predicted molar refractivity (Wildman–Crippen MR) is 133 cm³/mol. The minimum absolute atomic E-state index is 0.0199. The van der Waals surface area contributed by atoms with Crippen molar-refractivity contribution < 1.29 is 14.6 Å². The van der Waals surface area contributed by atoms with Crippen LogP contribution in [0.4, 0.5) is 0 Å². The van der Waals surface area contributed by atoms with Crippen molar-refractivity contribution in [2.45, 2.75) is 25.5 Å². The maximum atomic E-state index is 11.8. The average molecular weight is 458 g/mol. The van der Waals surface area contributed by atoms with Gasteiger partial charge in [-0.05, 0) is 65.0 Å². The van der Waals surface area contributed by atoms with Crippen molar-refractivity contribution in [1.82, 2.24) is 4.90 Å². The van der Waals surface area contributed by atoms with Crippen molar-refractivity contribution >= 4 is 27.4 Å². The van der Waals surface area contributed by atoms with Gasteiger partial charge in [-0.25, -0.2) is 0 Å². The van der Waals surface area contributed by atoms with Crippen LogP contribution in [0, 0.1) is 5.92 Å². The molecule has 168 valence electrons. The van der Waals surface area contributed by atoms with E-state index >= 15 is 0 Å². The Balaban J connectivity index is 1.44. The number of fused-ring (bicyclic) bond motifs is 1. The maximum absolute atomic E-state index is 11.8. The van der Waals surface area contributed by atoms with Crippen LogP contribution in [0.25, 0.3) is 10.1 Å². The molecular formula is C28H27NO3S. The van der Waals surface area contributed by atoms with Crippen LogP contribution >= 0.6 is 11.3 Å². The summed E-state index contributed by atoms with van der Waals surface area (Å²) in [6.07, 6.45) is 1.64. The van der Waals surface area contributed by atoms with E-state index in [-0.39, 0.29) is 12.0 Å². The Morgan fingerprint density at radius 1 is 1.03 bits per heavy atom. The van der Waals surface area contributed by atoms with Gasteiger partial charge in [0.2, 0.25) is 0 Å². The topological polar surface area (TPSA) is 49.8 Å². The standard InChI is InChI=1S/C28H27NO3S/c30-28(31)22-9-6-16-29(17-22)27(25-19-33-26-11-5-4-10-24(25)26)21-12-14-23(15-13-21)32-18-20-7-2-1-3-8-20/h1-5,7-8,10-15,19,22,27H,6,9,16-18H2,(H,30,31). The van der Waals surface area contributed by atoms with Gasteiger partial charge in [0.1, 0.15) is 12.4 Å². The summed E-state index contributed by atoms with van der Waals surface area (Å²) in [6.45, 7) is 1.99. The third-order valence-corrected chi connectivity index (χ3v) is 7.40. The molecule has 2 unspecified atom stereocenters. The molecule has 1 aliphatic heterocycles. The van der Waals surface area contributed by atoms with Gasteiger partial charge in [0.05, 0.1) is 12.0 Å². The van der Waals surface area contributed by atoms with Gasteiger partial charge in [-0.2, -0.15) is 0 Å². The second-order valence-corrected chi connectivity index (χ2v) is 9.52. The highest BCUT2D eigenvalue weighted by Crippen LogP contribution is 2.39. The number of carboxylic acid groups (broad SMARTS) is 1. The summed E-state index contributed by atoms with van der Waals surface area (Å²) in [6, 6.07) is 26.9. The Kier molecular flexibility index (Phi) is 6.42. The van der Waals surface area contributed by atoms with E-state index in [1.54, 1.807) is 11.3 Å². The van der Waals surface area contributed by atoms with Gasteiger partial charge in [0.15, 0.2) is 0 Å². The summed E-state index contributed by atoms with van der Waals surface area (Å²) in [5.74, 6) is -0.184. The third kappa shape index (κ3) is 4.80. The summed E-state index contributed by atoms with van der Waals surface area (Å²) in [5, 5.41) is 13.1. The van der Waals surface area contributed by atoms with Gasteiger partial charge < -0.3 is 9.84 Å². The molecule has 0 radical (unpaired) electrons. The zero-order chi connectivity index (χ0) is 22.6. The van der Waals surface area contributed by atoms with Gasteiger partial charge in [-0.15, -0.1) is 11.3 Å². The van der Waals surface area contributed by atoms with E-state index in [0.717, 1.165) is 36.3 Å². The first-order valence-electron chi connectivity index (χ1n) is 11.4. The Labute approximate surface area is 198 Å². The molecule has 1 aromatic heterocycles. The molecule has 0 saturated carbocycles. The molecular weight excluding hydrogens is 430 g/mol. The molecule has 0 bridgehead atoms. The minimum Gasteiger partial charge on any atom is -0.489 e. The van der Waals surface area contributed by atoms with Crippen LogP contribution in [0.5, 0.6) is 5.75 Å². The molecule has 5 heteroatoms. The third-order valence-electron chi connectivity index (χ3n) is 6.42. The smallest absolute Gasteiger partial charge is 0.307 e. The van der Waals surface area contributed by atoms with Crippen LogP contribution in [-0.2, 0) is 11.4 Å². The van der Waals surface area contributed by atoms with Crippen LogP contribution in [0.3, 0.4) is 0 Å². The lowest BCUT2D eigenvalue weighted by atomic mass is 9.91. The highest BCUT2D eigenvalue weighted by Gasteiger charge is 2.32. The molecule has 2 atom stereocenters. The first-order chi connectivity index (χ1) is 16.2. The number of hydrogen-bond acceptors (Lipinski definition) is 4. The van der Waals surface area contributed by atoms with Crippen molar-refractivity contribution in [3.8, 4) is 5.75 Å². The van der Waals surface area contributed by atoms with Gasteiger partial charge in [-0.1, -0.05) is 60.7 Å². The summed E-state index contributed by atoms with van der Waals surface area (Å²) in [5.41, 5.74) is 3.55. The van der Waals surface area contributed by atoms with Crippen molar-refractivity contribution in [2.24, 2.45) is 5.92 Å². The highest BCUT2D eigenvalue weighted by atomic mass is 32.1. The molecule has 1 N–H and O–H groups in total. The van der Waals surface area contributed by atoms with E-state index in [9.17, 15) is 9.90 Å². The second kappa shape index (κ2) is 9.77. The number of piperidine rings is 1. The molecule has 5 rings (SSSR count). The average Bonchev–Trinajstić information content (AvgIpc) is 3.28. The van der Waals surface area contributed by atoms with E-state index in [0.29, 0.717) is 13.2 Å². The second-order valence-electron chi connectivity index (χ2n) is 8.61. The van der Waals surface area contributed by atoms with Gasteiger partial charge >= 0.3 is 5.97 Å². The normalized spacial score (nSPS) is 17.6. The lowest BCUT2D eigenvalue weighted by molar-refractivity contribution is -0.143. The van der Waals surface area contributed by atoms with E-state index in [4.69, 9.17) is 4.74 Å². The molecule has 0 aliphatic carbocycles. The monoisotopic (exact) mass is 457 g/mol. The quantitative estimate of drug-likeness (QED) is 0.350. The highest BCUT2D eigenvalue weighted by molar-refractivity contribution is 7.17. The summed E-state index contributed by atoms with van der Waals surface area (Å²) < 4.78 is 7.25. The first kappa shape index (κ1) is 21.7. The number of carboxylic acids is 1. The number of aliphatic carboxylic acids is 1. The maximum Gasteiger partial charge on any atom is 0.307 e. The fourth-order valence-electron chi connectivity index (χ4n) is 4.73. The van der Waals surface area contributed by atoms with Crippen molar-refractivity contribution in [1.29, 1.82) is 0 Å². The van der Waals surface area contributed by atoms with Crippen LogP contribution in [0.1, 0.15) is 35.6 Å². The fraction of sp³-hybridized carbons (Fsp3) is 0.250. The molecule has 3 aromatic carbocycles. The van der Waals surface area contributed by atoms with E-state index < -0.39 is 5.97 Å². The molecule has 33 heavy (non-hydrogen) atoms. The first-order valence-corrected chi connectivity index (χ1v) is 12.3. The zero-order valence-electron chi connectivity index (χ0n) is 18.4. The van der Waals surface area contributed by atoms with Crippen molar-refractivity contribution in [2.75, 3.05) is 13.1 Å². The SMILES string of the molecule is O=C(O)C1CCCN(C(c2ccc(OCc3ccccc3)cc2)c2csc3ccccc23)C1. The molecule has 1 saturated heterocycles. The van der Waals surface area contributed by atoms with Crippen molar-refractivity contribution in [3.05, 3.63) is 101 Å². The number of thiophene rings is 1. The number of rotatable bonds is 7. The molecule has 1 aliphatic rings. The molecule has 2 heterocycles. The summed E-state index contributed by atoms with van der Waals surface area (Å²) in [4.78, 5) is 14.1. The van der Waals surface area contributed by atoms with Crippen LogP contribution < -0.4 is 4.74 Å². The Morgan fingerprint density at radius 3 is 2.58 bits per heavy atom. The number of ether oxygens (including phenoxy) is 1. The lowest BCUT2D eigenvalue weighted by Crippen LogP contribution is -2.41.